The van der Waals surface area contributed by atoms with Crippen LogP contribution in [0.1, 0.15) is 34.7 Å². The van der Waals surface area contributed by atoms with E-state index in [4.69, 9.17) is 4.74 Å². The molecule has 1 heterocycles. The zero-order valence-corrected chi connectivity index (χ0v) is 18.8. The third-order valence-electron chi connectivity index (χ3n) is 5.64. The highest BCUT2D eigenvalue weighted by molar-refractivity contribution is 6.46. The summed E-state index contributed by atoms with van der Waals surface area (Å²) in [6.07, 6.45) is 0.718. The van der Waals surface area contributed by atoms with E-state index >= 15 is 0 Å². The second-order valence-corrected chi connectivity index (χ2v) is 8.21. The molecular formula is C25H30N2O4. The lowest BCUT2D eigenvalue weighted by Crippen LogP contribution is -2.32. The number of amides is 1. The van der Waals surface area contributed by atoms with Gasteiger partial charge in [-0.2, -0.15) is 0 Å². The summed E-state index contributed by atoms with van der Waals surface area (Å²) in [6, 6.07) is 12.4. The number of nitrogens with zero attached hydrogens (tertiary/aromatic N) is 2. The highest BCUT2D eigenvalue weighted by atomic mass is 16.5. The van der Waals surface area contributed by atoms with E-state index in [0.717, 1.165) is 29.7 Å². The van der Waals surface area contributed by atoms with Crippen molar-refractivity contribution in [3.63, 3.8) is 0 Å². The molecule has 1 fully saturated rings. The van der Waals surface area contributed by atoms with Gasteiger partial charge in [-0.3, -0.25) is 9.59 Å². The van der Waals surface area contributed by atoms with Crippen molar-refractivity contribution in [3.05, 3.63) is 70.3 Å². The number of ether oxygens (including phenoxy) is 1. The molecule has 1 atom stereocenters. The summed E-state index contributed by atoms with van der Waals surface area (Å²) < 4.78 is 5.42. The quantitative estimate of drug-likeness (QED) is 0.419. The number of carbonyl (C=O) groups is 2. The van der Waals surface area contributed by atoms with Gasteiger partial charge < -0.3 is 19.6 Å². The van der Waals surface area contributed by atoms with Crippen molar-refractivity contribution in [1.82, 2.24) is 9.80 Å². The Morgan fingerprint density at radius 2 is 1.84 bits per heavy atom. The van der Waals surface area contributed by atoms with E-state index in [0.29, 0.717) is 17.9 Å². The predicted octanol–water partition coefficient (Wildman–Crippen LogP) is 3.69. The van der Waals surface area contributed by atoms with Crippen LogP contribution >= 0.6 is 0 Å². The molecule has 2 aromatic carbocycles. The summed E-state index contributed by atoms with van der Waals surface area (Å²) in [6.45, 7) is 5.05. The van der Waals surface area contributed by atoms with Crippen LogP contribution in [0.15, 0.2) is 48.0 Å². The van der Waals surface area contributed by atoms with E-state index in [9.17, 15) is 14.7 Å². The molecule has 3 rings (SSSR count). The highest BCUT2D eigenvalue weighted by Gasteiger charge is 2.46. The fourth-order valence-electron chi connectivity index (χ4n) is 4.04. The first-order valence-electron chi connectivity index (χ1n) is 10.4. The molecule has 0 bridgehead atoms. The summed E-state index contributed by atoms with van der Waals surface area (Å²) in [5, 5.41) is 11.3. The van der Waals surface area contributed by atoms with Gasteiger partial charge in [0.1, 0.15) is 11.5 Å². The van der Waals surface area contributed by atoms with Crippen LogP contribution in [0.5, 0.6) is 5.75 Å². The summed E-state index contributed by atoms with van der Waals surface area (Å²) in [7, 11) is 5.45. The van der Waals surface area contributed by atoms with Gasteiger partial charge >= 0.3 is 0 Å². The van der Waals surface area contributed by atoms with Crippen LogP contribution in [-0.4, -0.2) is 60.9 Å². The first-order chi connectivity index (χ1) is 14.8. The Kier molecular flexibility index (Phi) is 6.81. The number of aliphatic hydroxyl groups excluding tert-OH is 1. The van der Waals surface area contributed by atoms with Crippen molar-refractivity contribution in [1.29, 1.82) is 0 Å². The molecule has 31 heavy (non-hydrogen) atoms. The maximum Gasteiger partial charge on any atom is 0.295 e. The number of likely N-dealkylation sites (tertiary alicyclic amines) is 1. The van der Waals surface area contributed by atoms with E-state index < -0.39 is 17.7 Å². The fraction of sp³-hybridized carbons (Fsp3) is 0.360. The van der Waals surface area contributed by atoms with Gasteiger partial charge in [-0.15, -0.1) is 0 Å². The number of benzene rings is 2. The van der Waals surface area contributed by atoms with Gasteiger partial charge in [-0.05, 0) is 64.2 Å². The monoisotopic (exact) mass is 422 g/mol. The summed E-state index contributed by atoms with van der Waals surface area (Å²) in [4.78, 5) is 29.8. The first kappa shape index (κ1) is 22.6. The van der Waals surface area contributed by atoms with Gasteiger partial charge in [0.2, 0.25) is 0 Å². The lowest BCUT2D eigenvalue weighted by Gasteiger charge is -2.27. The van der Waals surface area contributed by atoms with E-state index in [1.807, 2.05) is 63.2 Å². The molecule has 1 saturated heterocycles. The van der Waals surface area contributed by atoms with Gasteiger partial charge in [0.05, 0.1) is 24.3 Å². The molecule has 6 heteroatoms. The van der Waals surface area contributed by atoms with Crippen LogP contribution < -0.4 is 4.74 Å². The van der Waals surface area contributed by atoms with Crippen molar-refractivity contribution in [2.75, 3.05) is 34.3 Å². The zero-order chi connectivity index (χ0) is 22.7. The minimum atomic E-state index is -0.667. The van der Waals surface area contributed by atoms with Crippen LogP contribution in [0.2, 0.25) is 0 Å². The average Bonchev–Trinajstić information content (AvgIpc) is 2.98. The van der Waals surface area contributed by atoms with Crippen LogP contribution in [0.4, 0.5) is 0 Å². The van der Waals surface area contributed by atoms with Crippen LogP contribution in [0.25, 0.3) is 5.76 Å². The molecule has 6 nitrogen and oxygen atoms in total. The van der Waals surface area contributed by atoms with Crippen molar-refractivity contribution in [3.8, 4) is 5.75 Å². The molecule has 1 amide bonds. The number of hydrogen-bond acceptors (Lipinski definition) is 5. The lowest BCUT2D eigenvalue weighted by atomic mass is 9.92. The molecule has 1 aliphatic rings. The molecule has 0 radical (unpaired) electrons. The highest BCUT2D eigenvalue weighted by Crippen LogP contribution is 2.42. The number of hydrogen-bond donors (Lipinski definition) is 1. The van der Waals surface area contributed by atoms with Crippen LogP contribution in [0, 0.1) is 13.8 Å². The number of methoxy groups -OCH3 is 1. The van der Waals surface area contributed by atoms with Gasteiger partial charge in [0.25, 0.3) is 11.7 Å². The Morgan fingerprint density at radius 1 is 1.13 bits per heavy atom. The van der Waals surface area contributed by atoms with Gasteiger partial charge in [0.15, 0.2) is 0 Å². The Morgan fingerprint density at radius 3 is 2.48 bits per heavy atom. The summed E-state index contributed by atoms with van der Waals surface area (Å²) >= 11 is 0. The van der Waals surface area contributed by atoms with Crippen molar-refractivity contribution in [2.24, 2.45) is 0 Å². The maximum absolute atomic E-state index is 13.1. The molecule has 1 aliphatic heterocycles. The van der Waals surface area contributed by atoms with E-state index in [-0.39, 0.29) is 11.3 Å². The first-order valence-corrected chi connectivity index (χ1v) is 10.4. The smallest absolute Gasteiger partial charge is 0.295 e. The molecule has 1 unspecified atom stereocenters. The molecule has 0 aliphatic carbocycles. The Hall–Kier alpha value is -3.12. The molecule has 0 saturated carbocycles. The third-order valence-corrected chi connectivity index (χ3v) is 5.64. The van der Waals surface area contributed by atoms with Crippen molar-refractivity contribution in [2.45, 2.75) is 26.3 Å². The topological polar surface area (TPSA) is 70.1 Å². The van der Waals surface area contributed by atoms with E-state index in [1.54, 1.807) is 17.0 Å². The number of rotatable bonds is 7. The van der Waals surface area contributed by atoms with Gasteiger partial charge in [0, 0.05) is 6.54 Å². The largest absolute Gasteiger partial charge is 0.507 e. The van der Waals surface area contributed by atoms with E-state index in [2.05, 4.69) is 0 Å². The third kappa shape index (κ3) is 4.49. The summed E-state index contributed by atoms with van der Waals surface area (Å²) in [5.74, 6) is -1.01. The Labute approximate surface area is 183 Å². The molecule has 164 valence electrons. The maximum atomic E-state index is 13.1. The number of Topliss-reactive ketones (excluding diaryl/α,β-unsaturated/α-hetero) is 1. The molecule has 0 spiro atoms. The number of ketones is 1. The fourth-order valence-corrected chi connectivity index (χ4v) is 4.04. The van der Waals surface area contributed by atoms with E-state index in [1.165, 1.54) is 7.11 Å². The second kappa shape index (κ2) is 9.35. The number of aliphatic hydroxyl groups is 1. The molecule has 1 N–H and O–H groups in total. The second-order valence-electron chi connectivity index (χ2n) is 8.21. The SMILES string of the molecule is COc1ccc(C)cc1/C(O)=C1\C(=O)C(=O)N(CCCN(C)C)C1c1ccccc1C. The standard InChI is InChI=1S/C25H30N2O4/c1-16-11-12-20(31-5)19(15-16)23(28)21-22(18-10-7-6-9-17(18)2)27(25(30)24(21)29)14-8-13-26(3)4/h6-7,9-12,15,22,28H,8,13-14H2,1-5H3/b23-21+. The number of carbonyl (C=O) groups excluding carboxylic acids is 2. The van der Waals surface area contributed by atoms with Gasteiger partial charge in [-0.25, -0.2) is 0 Å². The van der Waals surface area contributed by atoms with Crippen LogP contribution in [-0.2, 0) is 9.59 Å². The van der Waals surface area contributed by atoms with Gasteiger partial charge in [-0.1, -0.05) is 35.9 Å². The molecule has 0 aromatic heterocycles. The van der Waals surface area contributed by atoms with Crippen LogP contribution in [0.3, 0.4) is 0 Å². The van der Waals surface area contributed by atoms with Crippen molar-refractivity contribution >= 4 is 17.4 Å². The predicted molar refractivity (Wildman–Crippen MR) is 121 cm³/mol. The Bertz CT molecular complexity index is 1030. The molecule has 2 aromatic rings. The Balaban J connectivity index is 2.18. The van der Waals surface area contributed by atoms with Crippen molar-refractivity contribution < 1.29 is 19.4 Å². The zero-order valence-electron chi connectivity index (χ0n) is 18.8. The number of aryl methyl sites for hydroxylation is 2. The minimum absolute atomic E-state index is 0.105. The molecular weight excluding hydrogens is 392 g/mol. The minimum Gasteiger partial charge on any atom is -0.507 e. The summed E-state index contributed by atoms with van der Waals surface area (Å²) in [5.41, 5.74) is 3.21. The average molecular weight is 423 g/mol. The normalized spacial score (nSPS) is 18.1. The lowest BCUT2D eigenvalue weighted by molar-refractivity contribution is -0.139.